The molecule has 0 amide bonds. The smallest absolute Gasteiger partial charge is 0.155 e. The predicted molar refractivity (Wildman–Crippen MR) is 50.3 cm³/mol. The van der Waals surface area contributed by atoms with Crippen LogP contribution in [-0.4, -0.2) is 33.0 Å². The van der Waals surface area contributed by atoms with Crippen molar-refractivity contribution in [2.75, 3.05) is 0 Å². The Bertz CT molecular complexity index is 237. The van der Waals surface area contributed by atoms with Crippen molar-refractivity contribution in [2.24, 2.45) is 0 Å². The van der Waals surface area contributed by atoms with Crippen molar-refractivity contribution < 1.29 is 20.4 Å². The van der Waals surface area contributed by atoms with Crippen LogP contribution in [0.1, 0.15) is 11.1 Å². The average molecular weight is 198 g/mol. The van der Waals surface area contributed by atoms with Gasteiger partial charge in [-0.05, 0) is 11.1 Å². The molecule has 0 unspecified atom stereocenters. The summed E-state index contributed by atoms with van der Waals surface area (Å²) < 4.78 is 0. The van der Waals surface area contributed by atoms with Crippen LogP contribution in [0.25, 0.3) is 0 Å². The lowest BCUT2D eigenvalue weighted by molar-refractivity contribution is -0.0394. The first kappa shape index (κ1) is 11.1. The number of hydrogen-bond acceptors (Lipinski definition) is 4. The lowest BCUT2D eigenvalue weighted by Gasteiger charge is -2.06. The normalized spacial score (nSPS) is 11.3. The molecule has 1 aromatic rings. The Morgan fingerprint density at radius 1 is 0.714 bits per heavy atom. The number of aliphatic hydroxyl groups is 4. The van der Waals surface area contributed by atoms with Crippen molar-refractivity contribution in [1.82, 2.24) is 0 Å². The lowest BCUT2D eigenvalue weighted by atomic mass is 10.1. The molecule has 0 heterocycles. The molecule has 14 heavy (non-hydrogen) atoms. The van der Waals surface area contributed by atoms with Crippen LogP contribution in [0.3, 0.4) is 0 Å². The van der Waals surface area contributed by atoms with Crippen LogP contribution in [0, 0.1) is 0 Å². The quantitative estimate of drug-likeness (QED) is 0.487. The maximum Gasteiger partial charge on any atom is 0.155 e. The fourth-order valence-corrected chi connectivity index (χ4v) is 1.23. The van der Waals surface area contributed by atoms with Gasteiger partial charge in [0.25, 0.3) is 0 Å². The Kier molecular flexibility index (Phi) is 4.03. The Morgan fingerprint density at radius 2 is 1.00 bits per heavy atom. The van der Waals surface area contributed by atoms with Gasteiger partial charge < -0.3 is 20.4 Å². The SMILES string of the molecule is OC(O)Cc1ccc(CC(O)O)cc1. The van der Waals surface area contributed by atoms with Gasteiger partial charge in [0.15, 0.2) is 12.6 Å². The molecule has 78 valence electrons. The molecule has 0 aliphatic rings. The predicted octanol–water partition coefficient (Wildman–Crippen LogP) is -0.607. The third-order valence-corrected chi connectivity index (χ3v) is 1.86. The minimum atomic E-state index is -1.34. The minimum Gasteiger partial charge on any atom is -0.368 e. The standard InChI is InChI=1S/C10H14O4/c11-9(12)5-7-1-2-8(4-3-7)6-10(13)14/h1-4,9-14H,5-6H2. The molecule has 1 rings (SSSR count). The zero-order valence-corrected chi connectivity index (χ0v) is 7.67. The molecule has 0 aliphatic carbocycles. The summed E-state index contributed by atoms with van der Waals surface area (Å²) in [6.45, 7) is 0. The molecule has 4 N–H and O–H groups in total. The van der Waals surface area contributed by atoms with Crippen molar-refractivity contribution in [3.05, 3.63) is 35.4 Å². The second-order valence-electron chi connectivity index (χ2n) is 3.19. The van der Waals surface area contributed by atoms with Gasteiger partial charge in [-0.15, -0.1) is 0 Å². The molecule has 0 saturated heterocycles. The molecule has 0 aliphatic heterocycles. The van der Waals surface area contributed by atoms with Crippen LogP contribution in [0.2, 0.25) is 0 Å². The summed E-state index contributed by atoms with van der Waals surface area (Å²) in [5, 5.41) is 34.8. The topological polar surface area (TPSA) is 80.9 Å². The molecular weight excluding hydrogens is 184 g/mol. The first-order valence-corrected chi connectivity index (χ1v) is 4.38. The van der Waals surface area contributed by atoms with Crippen LogP contribution in [-0.2, 0) is 12.8 Å². The van der Waals surface area contributed by atoms with Crippen molar-refractivity contribution in [3.8, 4) is 0 Å². The van der Waals surface area contributed by atoms with E-state index >= 15 is 0 Å². The van der Waals surface area contributed by atoms with Crippen molar-refractivity contribution in [3.63, 3.8) is 0 Å². The third-order valence-electron chi connectivity index (χ3n) is 1.86. The van der Waals surface area contributed by atoms with Crippen LogP contribution in [0.15, 0.2) is 24.3 Å². The second kappa shape index (κ2) is 5.07. The van der Waals surface area contributed by atoms with Gasteiger partial charge in [-0.25, -0.2) is 0 Å². The fraction of sp³-hybridized carbons (Fsp3) is 0.400. The van der Waals surface area contributed by atoms with Crippen molar-refractivity contribution >= 4 is 0 Å². The zero-order valence-electron chi connectivity index (χ0n) is 7.67. The maximum atomic E-state index is 8.70. The van der Waals surface area contributed by atoms with Gasteiger partial charge in [-0.1, -0.05) is 24.3 Å². The number of hydrogen-bond donors (Lipinski definition) is 4. The molecule has 0 fully saturated rings. The number of aliphatic hydroxyl groups excluding tert-OH is 2. The summed E-state index contributed by atoms with van der Waals surface area (Å²) in [4.78, 5) is 0. The molecule has 0 spiro atoms. The van der Waals surface area contributed by atoms with Gasteiger partial charge >= 0.3 is 0 Å². The highest BCUT2D eigenvalue weighted by Crippen LogP contribution is 2.07. The maximum absolute atomic E-state index is 8.70. The van der Waals surface area contributed by atoms with Gasteiger partial charge in [0, 0.05) is 12.8 Å². The number of rotatable bonds is 4. The van der Waals surface area contributed by atoms with Crippen LogP contribution < -0.4 is 0 Å². The van der Waals surface area contributed by atoms with Gasteiger partial charge in [0.2, 0.25) is 0 Å². The van der Waals surface area contributed by atoms with E-state index in [4.69, 9.17) is 20.4 Å². The van der Waals surface area contributed by atoms with Gasteiger partial charge in [-0.2, -0.15) is 0 Å². The molecule has 0 aromatic heterocycles. The van der Waals surface area contributed by atoms with E-state index in [0.717, 1.165) is 11.1 Å². The first-order valence-electron chi connectivity index (χ1n) is 4.38. The van der Waals surface area contributed by atoms with Crippen LogP contribution >= 0.6 is 0 Å². The number of benzene rings is 1. The Morgan fingerprint density at radius 3 is 1.21 bits per heavy atom. The van der Waals surface area contributed by atoms with Gasteiger partial charge in [0.05, 0.1) is 0 Å². The summed E-state index contributed by atoms with van der Waals surface area (Å²) in [5.74, 6) is 0. The van der Waals surface area contributed by atoms with E-state index in [-0.39, 0.29) is 12.8 Å². The monoisotopic (exact) mass is 198 g/mol. The molecule has 4 nitrogen and oxygen atoms in total. The van der Waals surface area contributed by atoms with Crippen molar-refractivity contribution in [2.45, 2.75) is 25.4 Å². The summed E-state index contributed by atoms with van der Waals surface area (Å²) in [6, 6.07) is 6.93. The molecule has 1 aromatic carbocycles. The molecule has 0 radical (unpaired) electrons. The van der Waals surface area contributed by atoms with E-state index in [9.17, 15) is 0 Å². The first-order chi connectivity index (χ1) is 6.58. The molecular formula is C10H14O4. The fourth-order valence-electron chi connectivity index (χ4n) is 1.23. The Hall–Kier alpha value is -0.940. The average Bonchev–Trinajstić information content (AvgIpc) is 2.06. The highest BCUT2D eigenvalue weighted by Gasteiger charge is 2.02. The van der Waals surface area contributed by atoms with Crippen LogP contribution in [0.5, 0.6) is 0 Å². The third kappa shape index (κ3) is 3.85. The molecule has 4 heteroatoms. The highest BCUT2D eigenvalue weighted by atomic mass is 16.5. The van der Waals surface area contributed by atoms with Crippen LogP contribution in [0.4, 0.5) is 0 Å². The van der Waals surface area contributed by atoms with Gasteiger partial charge in [0.1, 0.15) is 0 Å². The van der Waals surface area contributed by atoms with E-state index in [1.807, 2.05) is 0 Å². The van der Waals surface area contributed by atoms with Crippen molar-refractivity contribution in [1.29, 1.82) is 0 Å². The Balaban J connectivity index is 2.59. The Labute approximate surface area is 82.1 Å². The van der Waals surface area contributed by atoms with E-state index in [0.29, 0.717) is 0 Å². The highest BCUT2D eigenvalue weighted by molar-refractivity contribution is 5.23. The zero-order chi connectivity index (χ0) is 10.6. The second-order valence-corrected chi connectivity index (χ2v) is 3.19. The lowest BCUT2D eigenvalue weighted by Crippen LogP contribution is -2.09. The van der Waals surface area contributed by atoms with E-state index in [2.05, 4.69) is 0 Å². The van der Waals surface area contributed by atoms with E-state index in [1.54, 1.807) is 24.3 Å². The molecule has 0 saturated carbocycles. The molecule has 0 atom stereocenters. The minimum absolute atomic E-state index is 0.182. The summed E-state index contributed by atoms with van der Waals surface area (Å²) in [7, 11) is 0. The summed E-state index contributed by atoms with van der Waals surface area (Å²) in [6.07, 6.45) is -2.32. The largest absolute Gasteiger partial charge is 0.368 e. The van der Waals surface area contributed by atoms with E-state index < -0.39 is 12.6 Å². The summed E-state index contributed by atoms with van der Waals surface area (Å²) in [5.41, 5.74) is 1.60. The van der Waals surface area contributed by atoms with Gasteiger partial charge in [-0.3, -0.25) is 0 Å². The summed E-state index contributed by atoms with van der Waals surface area (Å²) >= 11 is 0. The van der Waals surface area contributed by atoms with E-state index in [1.165, 1.54) is 0 Å². The molecule has 0 bridgehead atoms.